The van der Waals surface area contributed by atoms with Gasteiger partial charge in [0.05, 0.1) is 0 Å². The Morgan fingerprint density at radius 3 is 2.80 bits per heavy atom. The maximum atomic E-state index is 13.4. The Morgan fingerprint density at radius 1 is 1.55 bits per heavy atom. The summed E-state index contributed by atoms with van der Waals surface area (Å²) in [6.07, 6.45) is 1.38. The molecule has 3 N–H and O–H groups in total. The second-order valence-electron chi connectivity index (χ2n) is 4.58. The van der Waals surface area contributed by atoms with Crippen LogP contribution in [-0.2, 0) is 23.7 Å². The van der Waals surface area contributed by atoms with Gasteiger partial charge in [0.2, 0.25) is 0 Å². The third kappa shape index (κ3) is 2.39. The van der Waals surface area contributed by atoms with Crippen LogP contribution in [0.25, 0.3) is 0 Å². The first kappa shape index (κ1) is 14.1. The summed E-state index contributed by atoms with van der Waals surface area (Å²) < 4.78 is 14.9. The normalized spacial score (nSPS) is 13.9. The molecule has 1 unspecified atom stereocenters. The number of aromatic nitrogens is 3. The van der Waals surface area contributed by atoms with Crippen molar-refractivity contribution in [2.45, 2.75) is 11.8 Å². The van der Waals surface area contributed by atoms with E-state index < -0.39 is 17.2 Å². The molecule has 0 aliphatic rings. The third-order valence-electron chi connectivity index (χ3n) is 3.40. The van der Waals surface area contributed by atoms with Crippen molar-refractivity contribution in [3.05, 3.63) is 47.8 Å². The van der Waals surface area contributed by atoms with Gasteiger partial charge < -0.3 is 10.8 Å². The Bertz CT molecular complexity index is 628. The van der Waals surface area contributed by atoms with Gasteiger partial charge in [0.1, 0.15) is 23.4 Å². The van der Waals surface area contributed by atoms with E-state index >= 15 is 0 Å². The fraction of sp³-hybridized carbons (Fsp3) is 0.308. The van der Waals surface area contributed by atoms with Gasteiger partial charge in [0, 0.05) is 20.0 Å². The van der Waals surface area contributed by atoms with E-state index in [-0.39, 0.29) is 13.0 Å². The van der Waals surface area contributed by atoms with Crippen molar-refractivity contribution in [2.75, 3.05) is 6.54 Å². The van der Waals surface area contributed by atoms with Gasteiger partial charge in [-0.1, -0.05) is 12.1 Å². The lowest BCUT2D eigenvalue weighted by Gasteiger charge is -2.28. The number of carbonyl (C=O) groups is 1. The predicted octanol–water partition coefficient (Wildman–Crippen LogP) is 0.478. The number of aryl methyl sites for hydroxylation is 1. The molecule has 1 aromatic carbocycles. The summed E-state index contributed by atoms with van der Waals surface area (Å²) in [5, 5.41) is 13.5. The highest BCUT2D eigenvalue weighted by molar-refractivity contribution is 5.82. The summed E-state index contributed by atoms with van der Waals surface area (Å²) in [7, 11) is 1.66. The van der Waals surface area contributed by atoms with Crippen LogP contribution in [0.4, 0.5) is 4.39 Å². The maximum absolute atomic E-state index is 13.4. The minimum absolute atomic E-state index is 0.0405. The van der Waals surface area contributed by atoms with E-state index in [1.54, 1.807) is 13.1 Å². The first-order chi connectivity index (χ1) is 9.49. The van der Waals surface area contributed by atoms with Crippen molar-refractivity contribution >= 4 is 5.97 Å². The van der Waals surface area contributed by atoms with E-state index in [2.05, 4.69) is 10.1 Å². The second kappa shape index (κ2) is 5.38. The number of aliphatic carboxylic acids is 1. The molecule has 7 heteroatoms. The van der Waals surface area contributed by atoms with Crippen LogP contribution in [-0.4, -0.2) is 32.4 Å². The van der Waals surface area contributed by atoms with Crippen molar-refractivity contribution in [1.29, 1.82) is 0 Å². The van der Waals surface area contributed by atoms with Crippen LogP contribution in [0.3, 0.4) is 0 Å². The van der Waals surface area contributed by atoms with Crippen molar-refractivity contribution in [3.8, 4) is 0 Å². The SMILES string of the molecule is Cn1ncnc1CC(CN)(C(=O)O)c1cccc(F)c1. The quantitative estimate of drug-likeness (QED) is 0.829. The van der Waals surface area contributed by atoms with Gasteiger partial charge in [-0.25, -0.2) is 9.37 Å². The van der Waals surface area contributed by atoms with Gasteiger partial charge in [0.15, 0.2) is 0 Å². The number of benzene rings is 1. The van der Waals surface area contributed by atoms with Crippen LogP contribution in [0.1, 0.15) is 11.4 Å². The molecule has 0 radical (unpaired) electrons. The lowest BCUT2D eigenvalue weighted by Crippen LogP contribution is -2.45. The molecule has 1 atom stereocenters. The molecule has 0 saturated carbocycles. The molecule has 1 heterocycles. The number of hydrogen-bond acceptors (Lipinski definition) is 4. The van der Waals surface area contributed by atoms with Gasteiger partial charge in [-0.05, 0) is 17.7 Å². The maximum Gasteiger partial charge on any atom is 0.315 e. The van der Waals surface area contributed by atoms with E-state index in [1.807, 2.05) is 0 Å². The fourth-order valence-corrected chi connectivity index (χ4v) is 2.11. The minimum atomic E-state index is -1.43. The zero-order chi connectivity index (χ0) is 14.8. The molecular formula is C13H15FN4O2. The summed E-state index contributed by atoms with van der Waals surface area (Å²) in [5.41, 5.74) is 4.58. The van der Waals surface area contributed by atoms with Crippen molar-refractivity contribution < 1.29 is 14.3 Å². The highest BCUT2D eigenvalue weighted by Crippen LogP contribution is 2.28. The molecule has 2 rings (SSSR count). The zero-order valence-electron chi connectivity index (χ0n) is 11.0. The Balaban J connectivity index is 2.51. The number of halogens is 1. The molecule has 0 spiro atoms. The van der Waals surface area contributed by atoms with E-state index in [0.29, 0.717) is 11.4 Å². The molecule has 0 aliphatic heterocycles. The molecule has 0 aliphatic carbocycles. The zero-order valence-corrected chi connectivity index (χ0v) is 11.0. The van der Waals surface area contributed by atoms with Crippen LogP contribution in [0.2, 0.25) is 0 Å². The average Bonchev–Trinajstić information content (AvgIpc) is 2.81. The summed E-state index contributed by atoms with van der Waals surface area (Å²) in [4.78, 5) is 15.8. The summed E-state index contributed by atoms with van der Waals surface area (Å²) in [6, 6.07) is 5.47. The van der Waals surface area contributed by atoms with E-state index in [9.17, 15) is 14.3 Å². The largest absolute Gasteiger partial charge is 0.481 e. The highest BCUT2D eigenvalue weighted by Gasteiger charge is 2.40. The predicted molar refractivity (Wildman–Crippen MR) is 69.5 cm³/mol. The lowest BCUT2D eigenvalue weighted by atomic mass is 9.77. The van der Waals surface area contributed by atoms with Gasteiger partial charge in [-0.3, -0.25) is 9.48 Å². The fourth-order valence-electron chi connectivity index (χ4n) is 2.11. The summed E-state index contributed by atoms with van der Waals surface area (Å²) in [5.74, 6) is -1.14. The second-order valence-corrected chi connectivity index (χ2v) is 4.58. The van der Waals surface area contributed by atoms with Crippen LogP contribution < -0.4 is 5.73 Å². The molecule has 20 heavy (non-hydrogen) atoms. The van der Waals surface area contributed by atoms with Gasteiger partial charge in [0.25, 0.3) is 0 Å². The Kier molecular flexibility index (Phi) is 3.80. The van der Waals surface area contributed by atoms with E-state index in [1.165, 1.54) is 29.2 Å². The standard InChI is InChI=1S/C13H15FN4O2/c1-18-11(16-8-17-18)6-13(7-15,12(19)20)9-3-2-4-10(14)5-9/h2-5,8H,6-7,15H2,1H3,(H,19,20). The molecule has 0 fully saturated rings. The number of nitrogens with zero attached hydrogens (tertiary/aromatic N) is 3. The molecular weight excluding hydrogens is 263 g/mol. The third-order valence-corrected chi connectivity index (χ3v) is 3.40. The topological polar surface area (TPSA) is 94.0 Å². The molecule has 1 aromatic heterocycles. The molecule has 0 amide bonds. The Hall–Kier alpha value is -2.28. The Labute approximate surface area is 115 Å². The number of rotatable bonds is 5. The van der Waals surface area contributed by atoms with Crippen LogP contribution in [0.5, 0.6) is 0 Å². The molecule has 0 bridgehead atoms. The van der Waals surface area contributed by atoms with Gasteiger partial charge >= 0.3 is 5.97 Å². The molecule has 6 nitrogen and oxygen atoms in total. The molecule has 2 aromatic rings. The van der Waals surface area contributed by atoms with Crippen molar-refractivity contribution in [2.24, 2.45) is 12.8 Å². The van der Waals surface area contributed by atoms with E-state index in [4.69, 9.17) is 5.73 Å². The monoisotopic (exact) mass is 278 g/mol. The smallest absolute Gasteiger partial charge is 0.315 e. The first-order valence-corrected chi connectivity index (χ1v) is 6.02. The van der Waals surface area contributed by atoms with Crippen LogP contribution in [0, 0.1) is 5.82 Å². The van der Waals surface area contributed by atoms with Crippen molar-refractivity contribution in [1.82, 2.24) is 14.8 Å². The Morgan fingerprint density at radius 2 is 2.30 bits per heavy atom. The number of carboxylic acids is 1. The van der Waals surface area contributed by atoms with Crippen molar-refractivity contribution in [3.63, 3.8) is 0 Å². The summed E-state index contributed by atoms with van der Waals surface area (Å²) >= 11 is 0. The average molecular weight is 278 g/mol. The molecule has 106 valence electrons. The lowest BCUT2D eigenvalue weighted by molar-refractivity contribution is -0.143. The van der Waals surface area contributed by atoms with Gasteiger partial charge in [-0.2, -0.15) is 5.10 Å². The summed E-state index contributed by atoms with van der Waals surface area (Å²) in [6.45, 7) is -0.168. The first-order valence-electron chi connectivity index (χ1n) is 6.02. The number of hydrogen-bond donors (Lipinski definition) is 2. The van der Waals surface area contributed by atoms with E-state index in [0.717, 1.165) is 0 Å². The minimum Gasteiger partial charge on any atom is -0.481 e. The van der Waals surface area contributed by atoms with Crippen LogP contribution in [0.15, 0.2) is 30.6 Å². The van der Waals surface area contributed by atoms with Crippen LogP contribution >= 0.6 is 0 Å². The highest BCUT2D eigenvalue weighted by atomic mass is 19.1. The number of nitrogens with two attached hydrogens (primary N) is 1. The molecule has 0 saturated heterocycles. The number of carboxylic acid groups (broad SMARTS) is 1. The van der Waals surface area contributed by atoms with Gasteiger partial charge in [-0.15, -0.1) is 0 Å².